The molecule has 0 radical (unpaired) electrons. The van der Waals surface area contributed by atoms with Crippen LogP contribution >= 0.6 is 0 Å². The van der Waals surface area contributed by atoms with Gasteiger partial charge in [-0.1, -0.05) is 0 Å². The van der Waals surface area contributed by atoms with Gasteiger partial charge in [0.25, 0.3) is 5.91 Å². The highest BCUT2D eigenvalue weighted by atomic mass is 16.3. The summed E-state index contributed by atoms with van der Waals surface area (Å²) in [7, 11) is 3.92. The van der Waals surface area contributed by atoms with E-state index in [4.69, 9.17) is 0 Å². The molecule has 1 amide bonds. The molecule has 2 aliphatic heterocycles. The third-order valence-corrected chi connectivity index (χ3v) is 4.69. The minimum atomic E-state index is -0.784. The molecule has 1 unspecified atom stereocenters. The molecular formula is C15H25N5O2. The van der Waals surface area contributed by atoms with Gasteiger partial charge >= 0.3 is 0 Å². The van der Waals surface area contributed by atoms with Crippen molar-refractivity contribution < 1.29 is 9.90 Å². The molecule has 3 heterocycles. The Labute approximate surface area is 131 Å². The lowest BCUT2D eigenvalue weighted by molar-refractivity contribution is 0.000525. The normalized spacial score (nSPS) is 27.5. The Morgan fingerprint density at radius 2 is 2.00 bits per heavy atom. The van der Waals surface area contributed by atoms with E-state index in [1.807, 2.05) is 0 Å². The topological polar surface area (TPSA) is 64.8 Å². The molecule has 2 saturated heterocycles. The van der Waals surface area contributed by atoms with Crippen molar-refractivity contribution in [2.45, 2.75) is 12.0 Å². The predicted octanol–water partition coefficient (Wildman–Crippen LogP) is -0.755. The van der Waals surface area contributed by atoms with E-state index in [2.05, 4.69) is 21.9 Å². The Morgan fingerprint density at radius 1 is 1.27 bits per heavy atom. The Morgan fingerprint density at radius 3 is 2.64 bits per heavy atom. The molecule has 122 valence electrons. The highest BCUT2D eigenvalue weighted by molar-refractivity contribution is 5.94. The van der Waals surface area contributed by atoms with Gasteiger partial charge in [0, 0.05) is 52.5 Å². The van der Waals surface area contributed by atoms with Crippen molar-refractivity contribution >= 4 is 5.91 Å². The fraction of sp³-hybridized carbons (Fsp3) is 0.733. The van der Waals surface area contributed by atoms with E-state index in [1.54, 1.807) is 29.0 Å². The van der Waals surface area contributed by atoms with E-state index in [1.165, 1.54) is 0 Å². The lowest BCUT2D eigenvalue weighted by atomic mass is 10.0. The van der Waals surface area contributed by atoms with E-state index in [-0.39, 0.29) is 5.91 Å². The molecule has 0 aromatic carbocycles. The molecule has 3 rings (SSSR count). The average molecular weight is 307 g/mol. The Hall–Kier alpha value is -1.44. The highest BCUT2D eigenvalue weighted by Crippen LogP contribution is 2.24. The van der Waals surface area contributed by atoms with Crippen LogP contribution in [0.3, 0.4) is 0 Å². The second-order valence-corrected chi connectivity index (χ2v) is 6.68. The lowest BCUT2D eigenvalue weighted by Crippen LogP contribution is -2.52. The first-order chi connectivity index (χ1) is 10.5. The molecule has 7 nitrogen and oxygen atoms in total. The molecular weight excluding hydrogens is 282 g/mol. The van der Waals surface area contributed by atoms with Gasteiger partial charge in [0.2, 0.25) is 0 Å². The summed E-state index contributed by atoms with van der Waals surface area (Å²) in [6.07, 6.45) is 3.95. The van der Waals surface area contributed by atoms with Crippen molar-refractivity contribution in [1.29, 1.82) is 0 Å². The van der Waals surface area contributed by atoms with Crippen LogP contribution in [0.5, 0.6) is 0 Å². The van der Waals surface area contributed by atoms with Gasteiger partial charge in [-0.2, -0.15) is 5.10 Å². The van der Waals surface area contributed by atoms with Crippen molar-refractivity contribution in [2.24, 2.45) is 7.05 Å². The van der Waals surface area contributed by atoms with E-state index < -0.39 is 5.60 Å². The maximum Gasteiger partial charge on any atom is 0.257 e. The molecule has 7 heteroatoms. The third-order valence-electron chi connectivity index (χ3n) is 4.69. The fourth-order valence-electron chi connectivity index (χ4n) is 3.30. The molecule has 0 spiro atoms. The highest BCUT2D eigenvalue weighted by Gasteiger charge is 2.40. The van der Waals surface area contributed by atoms with Gasteiger partial charge in [-0.3, -0.25) is 14.4 Å². The minimum Gasteiger partial charge on any atom is -0.387 e. The molecule has 1 atom stereocenters. The number of carbonyl (C=O) groups excluding carboxylic acids is 1. The maximum atomic E-state index is 12.4. The Kier molecular flexibility index (Phi) is 4.20. The summed E-state index contributed by atoms with van der Waals surface area (Å²) in [5, 5.41) is 14.9. The van der Waals surface area contributed by atoms with Gasteiger partial charge in [0.05, 0.1) is 23.9 Å². The smallest absolute Gasteiger partial charge is 0.257 e. The number of aryl methyl sites for hydroxylation is 1. The summed E-state index contributed by atoms with van der Waals surface area (Å²) in [5.74, 6) is -0.0394. The number of hydrogen-bond donors (Lipinski definition) is 1. The fourth-order valence-corrected chi connectivity index (χ4v) is 3.30. The standard InChI is InChI=1S/C15H25N5O2/c1-17-5-7-19(8-6-17)11-15(22)3-4-20(12-15)14(21)13-9-16-18(2)10-13/h9-10,22H,3-8,11-12H2,1-2H3. The molecule has 1 N–H and O–H groups in total. The molecule has 2 fully saturated rings. The number of carbonyl (C=O) groups is 1. The molecule has 2 aliphatic rings. The van der Waals surface area contributed by atoms with Crippen molar-refractivity contribution in [3.8, 4) is 0 Å². The zero-order valence-corrected chi connectivity index (χ0v) is 13.4. The van der Waals surface area contributed by atoms with Crippen LogP contribution in [0.2, 0.25) is 0 Å². The van der Waals surface area contributed by atoms with Crippen molar-refractivity contribution in [1.82, 2.24) is 24.5 Å². The van der Waals surface area contributed by atoms with Gasteiger partial charge in [0.1, 0.15) is 0 Å². The molecule has 1 aromatic heterocycles. The molecule has 0 bridgehead atoms. The number of rotatable bonds is 3. The number of β-amino-alcohol motifs (C(OH)–C–C–N with tert-alkyl or cyclic N) is 1. The van der Waals surface area contributed by atoms with Crippen LogP contribution < -0.4 is 0 Å². The van der Waals surface area contributed by atoms with Crippen molar-refractivity contribution in [3.05, 3.63) is 18.0 Å². The van der Waals surface area contributed by atoms with Gasteiger partial charge in [0.15, 0.2) is 0 Å². The van der Waals surface area contributed by atoms with Gasteiger partial charge < -0.3 is 14.9 Å². The summed E-state index contributed by atoms with van der Waals surface area (Å²) in [4.78, 5) is 18.8. The second-order valence-electron chi connectivity index (χ2n) is 6.68. The zero-order valence-electron chi connectivity index (χ0n) is 13.4. The largest absolute Gasteiger partial charge is 0.387 e. The van der Waals surface area contributed by atoms with Crippen LogP contribution in [0.1, 0.15) is 16.8 Å². The maximum absolute atomic E-state index is 12.4. The molecule has 0 saturated carbocycles. The minimum absolute atomic E-state index is 0.0394. The van der Waals surface area contributed by atoms with Gasteiger partial charge in [-0.25, -0.2) is 0 Å². The van der Waals surface area contributed by atoms with Crippen molar-refractivity contribution in [3.63, 3.8) is 0 Å². The summed E-state index contributed by atoms with van der Waals surface area (Å²) >= 11 is 0. The lowest BCUT2D eigenvalue weighted by Gasteiger charge is -2.36. The van der Waals surface area contributed by atoms with Crippen molar-refractivity contribution in [2.75, 3.05) is 52.9 Å². The summed E-state index contributed by atoms with van der Waals surface area (Å²) in [6, 6.07) is 0. The van der Waals surface area contributed by atoms with E-state index >= 15 is 0 Å². The van der Waals surface area contributed by atoms with E-state index in [9.17, 15) is 9.90 Å². The van der Waals surface area contributed by atoms with Gasteiger partial charge in [-0.05, 0) is 13.5 Å². The first kappa shape index (κ1) is 15.5. The number of nitrogens with zero attached hydrogens (tertiary/aromatic N) is 5. The van der Waals surface area contributed by atoms with Crippen LogP contribution in [0.4, 0.5) is 0 Å². The third kappa shape index (κ3) is 3.31. The number of aliphatic hydroxyl groups is 1. The first-order valence-electron chi connectivity index (χ1n) is 7.86. The quantitative estimate of drug-likeness (QED) is 0.796. The number of piperazine rings is 1. The van der Waals surface area contributed by atoms with Crippen LogP contribution in [0, 0.1) is 0 Å². The van der Waals surface area contributed by atoms with Crippen LogP contribution in [-0.4, -0.2) is 94.0 Å². The number of aromatic nitrogens is 2. The van der Waals surface area contributed by atoms with E-state index in [0.717, 1.165) is 26.2 Å². The summed E-state index contributed by atoms with van der Waals surface area (Å²) in [6.45, 7) is 5.70. The summed E-state index contributed by atoms with van der Waals surface area (Å²) in [5.41, 5.74) is -0.195. The molecule has 1 aromatic rings. The number of hydrogen-bond acceptors (Lipinski definition) is 5. The Balaban J connectivity index is 1.57. The predicted molar refractivity (Wildman–Crippen MR) is 82.6 cm³/mol. The van der Waals surface area contributed by atoms with Gasteiger partial charge in [-0.15, -0.1) is 0 Å². The second kappa shape index (κ2) is 5.98. The average Bonchev–Trinajstić information content (AvgIpc) is 3.07. The number of likely N-dealkylation sites (N-methyl/N-ethyl adjacent to an activating group) is 1. The van der Waals surface area contributed by atoms with Crippen LogP contribution in [-0.2, 0) is 7.05 Å². The number of likely N-dealkylation sites (tertiary alicyclic amines) is 1. The SMILES string of the molecule is CN1CCN(CC2(O)CCN(C(=O)c3cnn(C)c3)C2)CC1. The molecule has 0 aliphatic carbocycles. The van der Waals surface area contributed by atoms with Crippen LogP contribution in [0.15, 0.2) is 12.4 Å². The van der Waals surface area contributed by atoms with Crippen LogP contribution in [0.25, 0.3) is 0 Å². The molecule has 22 heavy (non-hydrogen) atoms. The Bertz CT molecular complexity index is 538. The van der Waals surface area contributed by atoms with E-state index in [0.29, 0.717) is 31.6 Å². The number of amides is 1. The summed E-state index contributed by atoms with van der Waals surface area (Å²) < 4.78 is 1.62. The monoisotopic (exact) mass is 307 g/mol. The zero-order chi connectivity index (χ0) is 15.7. The first-order valence-corrected chi connectivity index (χ1v) is 7.86.